The summed E-state index contributed by atoms with van der Waals surface area (Å²) in [4.78, 5) is 22.3. The van der Waals surface area contributed by atoms with E-state index in [0.717, 1.165) is 41.8 Å². The third-order valence-corrected chi connectivity index (χ3v) is 6.71. The smallest absolute Gasteiger partial charge is 0.271 e. The van der Waals surface area contributed by atoms with E-state index in [-0.39, 0.29) is 18.0 Å². The summed E-state index contributed by atoms with van der Waals surface area (Å²) < 4.78 is 7.54. The van der Waals surface area contributed by atoms with Crippen LogP contribution >= 0.6 is 11.3 Å². The first-order valence-corrected chi connectivity index (χ1v) is 10.7. The zero-order chi connectivity index (χ0) is 20.0. The van der Waals surface area contributed by atoms with E-state index in [1.807, 2.05) is 42.3 Å². The first-order valence-electron chi connectivity index (χ1n) is 9.86. The zero-order valence-corrected chi connectivity index (χ0v) is 17.4. The molecule has 5 rings (SSSR count). The van der Waals surface area contributed by atoms with Gasteiger partial charge in [0.25, 0.3) is 5.91 Å². The Hall–Kier alpha value is -2.64. The predicted molar refractivity (Wildman–Crippen MR) is 112 cm³/mol. The van der Waals surface area contributed by atoms with Gasteiger partial charge in [0.15, 0.2) is 0 Å². The molecule has 0 aliphatic carbocycles. The van der Waals surface area contributed by atoms with Crippen LogP contribution in [0.5, 0.6) is 5.75 Å². The number of carbonyl (C=O) groups excluding carboxylic acids is 1. The number of nitrogens with zero attached hydrogens (tertiary/aromatic N) is 4. The van der Waals surface area contributed by atoms with Crippen molar-refractivity contribution in [3.63, 3.8) is 0 Å². The maximum Gasteiger partial charge on any atom is 0.271 e. The highest BCUT2D eigenvalue weighted by Gasteiger charge is 2.45. The van der Waals surface area contributed by atoms with Gasteiger partial charge >= 0.3 is 0 Å². The quantitative estimate of drug-likeness (QED) is 0.650. The summed E-state index contributed by atoms with van der Waals surface area (Å²) in [5, 5.41) is 3.10. The summed E-state index contributed by atoms with van der Waals surface area (Å²) in [5.74, 6) is 0.979. The number of hydrogen-bond donors (Lipinski definition) is 0. The summed E-state index contributed by atoms with van der Waals surface area (Å²) in [5.41, 5.74) is 2.98. The lowest BCUT2D eigenvalue weighted by molar-refractivity contribution is 0.0553. The Morgan fingerprint density at radius 2 is 2.03 bits per heavy atom. The van der Waals surface area contributed by atoms with E-state index < -0.39 is 0 Å². The first-order chi connectivity index (χ1) is 14.1. The number of amides is 1. The van der Waals surface area contributed by atoms with E-state index >= 15 is 0 Å². The van der Waals surface area contributed by atoms with Gasteiger partial charge in [0.1, 0.15) is 11.4 Å². The van der Waals surface area contributed by atoms with Crippen molar-refractivity contribution in [3.05, 3.63) is 69.9 Å². The van der Waals surface area contributed by atoms with Gasteiger partial charge in [-0.05, 0) is 36.8 Å². The average Bonchev–Trinajstić information content (AvgIpc) is 3.45. The number of benzene rings is 1. The van der Waals surface area contributed by atoms with Gasteiger partial charge in [-0.2, -0.15) is 0 Å². The molecule has 1 fully saturated rings. The summed E-state index contributed by atoms with van der Waals surface area (Å²) in [6, 6.07) is 12.5. The molecule has 3 aromatic rings. The van der Waals surface area contributed by atoms with Gasteiger partial charge in [-0.3, -0.25) is 9.69 Å². The average molecular weight is 409 g/mol. The van der Waals surface area contributed by atoms with Gasteiger partial charge in [0.2, 0.25) is 0 Å². The minimum absolute atomic E-state index is 0.102. The summed E-state index contributed by atoms with van der Waals surface area (Å²) in [7, 11) is 1.70. The van der Waals surface area contributed by atoms with Crippen LogP contribution in [-0.4, -0.2) is 51.5 Å². The SMILES string of the molecule is COc1cccc(CN2C[C@@H]3[C@@H](C2)n2cccc2C(=O)N3Cc2csc(C)n2)c1. The van der Waals surface area contributed by atoms with Crippen molar-refractivity contribution in [2.45, 2.75) is 32.1 Å². The molecule has 7 heteroatoms. The van der Waals surface area contributed by atoms with Gasteiger partial charge in [-0.25, -0.2) is 4.98 Å². The highest BCUT2D eigenvalue weighted by Crippen LogP contribution is 2.35. The van der Waals surface area contributed by atoms with Crippen LogP contribution in [0.4, 0.5) is 0 Å². The van der Waals surface area contributed by atoms with E-state index in [1.165, 1.54) is 5.56 Å². The Kier molecular flexibility index (Phi) is 4.64. The van der Waals surface area contributed by atoms with Crippen molar-refractivity contribution in [1.29, 1.82) is 0 Å². The number of aromatic nitrogens is 2. The van der Waals surface area contributed by atoms with Gasteiger partial charge in [0.05, 0.1) is 36.4 Å². The minimum atomic E-state index is 0.102. The highest BCUT2D eigenvalue weighted by atomic mass is 32.1. The molecule has 1 saturated heterocycles. The van der Waals surface area contributed by atoms with Gasteiger partial charge in [-0.1, -0.05) is 12.1 Å². The third kappa shape index (κ3) is 3.34. The van der Waals surface area contributed by atoms with Crippen LogP contribution in [0.2, 0.25) is 0 Å². The summed E-state index contributed by atoms with van der Waals surface area (Å²) in [6.45, 7) is 5.20. The third-order valence-electron chi connectivity index (χ3n) is 5.89. The number of hydrogen-bond acceptors (Lipinski definition) is 5. The van der Waals surface area contributed by atoms with Gasteiger partial charge in [-0.15, -0.1) is 11.3 Å². The zero-order valence-electron chi connectivity index (χ0n) is 16.6. The Balaban J connectivity index is 1.41. The van der Waals surface area contributed by atoms with Crippen LogP contribution in [0, 0.1) is 6.92 Å². The topological polar surface area (TPSA) is 50.6 Å². The number of thiazole rings is 1. The fourth-order valence-corrected chi connectivity index (χ4v) is 5.19. The maximum atomic E-state index is 13.2. The van der Waals surface area contributed by atoms with Crippen LogP contribution in [0.3, 0.4) is 0 Å². The molecule has 2 aliphatic heterocycles. The lowest BCUT2D eigenvalue weighted by atomic mass is 10.1. The van der Waals surface area contributed by atoms with Gasteiger partial charge < -0.3 is 14.2 Å². The van der Waals surface area contributed by atoms with Crippen LogP contribution < -0.4 is 4.74 Å². The van der Waals surface area contributed by atoms with Crippen LogP contribution in [-0.2, 0) is 13.1 Å². The van der Waals surface area contributed by atoms with Gasteiger partial charge in [0, 0.05) is 31.2 Å². The molecule has 2 aromatic heterocycles. The number of likely N-dealkylation sites (tertiary alicyclic amines) is 1. The molecule has 1 amide bonds. The molecule has 0 saturated carbocycles. The summed E-state index contributed by atoms with van der Waals surface area (Å²) in [6.07, 6.45) is 2.05. The van der Waals surface area contributed by atoms with Crippen molar-refractivity contribution in [3.8, 4) is 5.75 Å². The minimum Gasteiger partial charge on any atom is -0.497 e. The molecule has 29 heavy (non-hydrogen) atoms. The second-order valence-electron chi connectivity index (χ2n) is 7.77. The number of carbonyl (C=O) groups is 1. The molecule has 0 radical (unpaired) electrons. The van der Waals surface area contributed by atoms with Crippen molar-refractivity contribution < 1.29 is 9.53 Å². The van der Waals surface area contributed by atoms with Crippen LogP contribution in [0.1, 0.15) is 32.8 Å². The van der Waals surface area contributed by atoms with E-state index in [1.54, 1.807) is 18.4 Å². The molecule has 0 N–H and O–H groups in total. The Bertz CT molecular complexity index is 1040. The second-order valence-corrected chi connectivity index (χ2v) is 8.83. The molecule has 6 nitrogen and oxygen atoms in total. The Morgan fingerprint density at radius 1 is 1.17 bits per heavy atom. The second kappa shape index (κ2) is 7.31. The predicted octanol–water partition coefficient (Wildman–Crippen LogP) is 3.34. The number of fused-ring (bicyclic) bond motifs is 3. The van der Waals surface area contributed by atoms with E-state index in [4.69, 9.17) is 4.74 Å². The number of ether oxygens (including phenoxy) is 1. The van der Waals surface area contributed by atoms with Crippen molar-refractivity contribution in [2.75, 3.05) is 20.2 Å². The molecule has 2 atom stereocenters. The number of aryl methyl sites for hydroxylation is 1. The maximum absolute atomic E-state index is 13.2. The molecule has 0 spiro atoms. The summed E-state index contributed by atoms with van der Waals surface area (Å²) >= 11 is 1.64. The lowest BCUT2D eigenvalue weighted by Crippen LogP contribution is -2.49. The van der Waals surface area contributed by atoms with Crippen molar-refractivity contribution >= 4 is 17.2 Å². The molecule has 0 unspecified atom stereocenters. The van der Waals surface area contributed by atoms with Crippen molar-refractivity contribution in [1.82, 2.24) is 19.4 Å². The number of methoxy groups -OCH3 is 1. The number of rotatable bonds is 5. The normalized spacial score (nSPS) is 21.3. The molecule has 4 heterocycles. The van der Waals surface area contributed by atoms with E-state index in [9.17, 15) is 4.79 Å². The molecule has 1 aromatic carbocycles. The Morgan fingerprint density at radius 3 is 2.83 bits per heavy atom. The lowest BCUT2D eigenvalue weighted by Gasteiger charge is -2.38. The highest BCUT2D eigenvalue weighted by molar-refractivity contribution is 7.09. The van der Waals surface area contributed by atoms with E-state index in [2.05, 4.69) is 32.0 Å². The molecule has 150 valence electrons. The Labute approximate surface area is 174 Å². The molecular weight excluding hydrogens is 384 g/mol. The van der Waals surface area contributed by atoms with E-state index in [0.29, 0.717) is 6.54 Å². The first kappa shape index (κ1) is 18.4. The molecule has 0 bridgehead atoms. The molecule has 2 aliphatic rings. The molecular formula is C22H24N4O2S. The fraction of sp³-hybridized carbons (Fsp3) is 0.364. The fourth-order valence-electron chi connectivity index (χ4n) is 4.59. The van der Waals surface area contributed by atoms with Crippen molar-refractivity contribution in [2.24, 2.45) is 0 Å². The van der Waals surface area contributed by atoms with Crippen LogP contribution in [0.25, 0.3) is 0 Å². The monoisotopic (exact) mass is 408 g/mol. The largest absolute Gasteiger partial charge is 0.497 e. The van der Waals surface area contributed by atoms with Crippen LogP contribution in [0.15, 0.2) is 48.0 Å². The standard InChI is InChI=1S/C22H24N4O2S/c1-15-23-17(14-29-15)11-26-21-13-24(10-16-5-3-6-18(9-16)28-2)12-20(21)25-8-4-7-19(25)22(26)27/h3-9,14,20-21H,10-13H2,1-2H3/t20-,21-/m1/s1.